The lowest BCUT2D eigenvalue weighted by Gasteiger charge is -2.05. The third-order valence-electron chi connectivity index (χ3n) is 3.04. The SMILES string of the molecule is O=C(NCCCc1cnc2ncnn2c1)c1cccnc1. The molecule has 0 radical (unpaired) electrons. The maximum Gasteiger partial charge on any atom is 0.252 e. The van der Waals surface area contributed by atoms with Crippen LogP contribution >= 0.6 is 0 Å². The topological polar surface area (TPSA) is 85.1 Å². The maximum absolute atomic E-state index is 11.8. The number of fused-ring (bicyclic) bond motifs is 1. The van der Waals surface area contributed by atoms with E-state index < -0.39 is 0 Å². The predicted molar refractivity (Wildman–Crippen MR) is 75.7 cm³/mol. The third-order valence-corrected chi connectivity index (χ3v) is 3.04. The molecule has 106 valence electrons. The van der Waals surface area contributed by atoms with Crippen LogP contribution in [0.1, 0.15) is 22.3 Å². The van der Waals surface area contributed by atoms with Crippen LogP contribution in [0.25, 0.3) is 5.78 Å². The summed E-state index contributed by atoms with van der Waals surface area (Å²) in [6, 6.07) is 3.48. The van der Waals surface area contributed by atoms with Crippen molar-refractivity contribution in [3.63, 3.8) is 0 Å². The molecule has 7 heteroatoms. The van der Waals surface area contributed by atoms with Gasteiger partial charge in [0.05, 0.1) is 5.56 Å². The van der Waals surface area contributed by atoms with Crippen LogP contribution in [0.3, 0.4) is 0 Å². The van der Waals surface area contributed by atoms with Crippen LogP contribution in [0.4, 0.5) is 0 Å². The molecule has 0 spiro atoms. The molecule has 0 unspecified atom stereocenters. The van der Waals surface area contributed by atoms with E-state index in [0.29, 0.717) is 17.9 Å². The van der Waals surface area contributed by atoms with Gasteiger partial charge in [0, 0.05) is 31.3 Å². The molecule has 1 amide bonds. The zero-order valence-corrected chi connectivity index (χ0v) is 11.3. The Hall–Kier alpha value is -2.83. The molecule has 1 N–H and O–H groups in total. The number of aromatic nitrogens is 5. The first-order chi connectivity index (χ1) is 10.3. The van der Waals surface area contributed by atoms with Gasteiger partial charge in [0.2, 0.25) is 0 Å². The molecule has 3 rings (SSSR count). The summed E-state index contributed by atoms with van der Waals surface area (Å²) < 4.78 is 1.64. The van der Waals surface area contributed by atoms with Gasteiger partial charge in [0.15, 0.2) is 0 Å². The summed E-state index contributed by atoms with van der Waals surface area (Å²) in [4.78, 5) is 23.9. The molecule has 3 aromatic rings. The summed E-state index contributed by atoms with van der Waals surface area (Å²) in [7, 11) is 0. The molecule has 0 fully saturated rings. The lowest BCUT2D eigenvalue weighted by Crippen LogP contribution is -2.24. The van der Waals surface area contributed by atoms with Gasteiger partial charge in [-0.05, 0) is 30.5 Å². The second-order valence-electron chi connectivity index (χ2n) is 4.57. The summed E-state index contributed by atoms with van der Waals surface area (Å²) >= 11 is 0. The molecule has 0 saturated carbocycles. The molecular formula is C14H14N6O. The standard InChI is InChI=1S/C14H14N6O/c21-13(12-4-2-5-15-8-12)16-6-1-3-11-7-17-14-18-10-19-20(14)9-11/h2,4-5,7-10H,1,3,6H2,(H,16,21). The van der Waals surface area contributed by atoms with Crippen LogP contribution in [-0.2, 0) is 6.42 Å². The van der Waals surface area contributed by atoms with Gasteiger partial charge in [-0.25, -0.2) is 9.50 Å². The van der Waals surface area contributed by atoms with Crippen molar-refractivity contribution in [2.75, 3.05) is 6.54 Å². The summed E-state index contributed by atoms with van der Waals surface area (Å²) in [6.07, 6.45) is 10.00. The fourth-order valence-electron chi connectivity index (χ4n) is 1.98. The van der Waals surface area contributed by atoms with E-state index in [2.05, 4.69) is 25.4 Å². The molecule has 0 aliphatic carbocycles. The van der Waals surface area contributed by atoms with Crippen molar-refractivity contribution in [3.8, 4) is 0 Å². The van der Waals surface area contributed by atoms with Crippen LogP contribution in [0.15, 0.2) is 43.2 Å². The molecule has 0 aliphatic rings. The van der Waals surface area contributed by atoms with Crippen LogP contribution in [0, 0.1) is 0 Å². The summed E-state index contributed by atoms with van der Waals surface area (Å²) in [5.41, 5.74) is 1.63. The van der Waals surface area contributed by atoms with Crippen molar-refractivity contribution in [2.24, 2.45) is 0 Å². The Kier molecular flexibility index (Phi) is 3.81. The highest BCUT2D eigenvalue weighted by atomic mass is 16.1. The summed E-state index contributed by atoms with van der Waals surface area (Å²) in [6.45, 7) is 0.600. The fourth-order valence-corrected chi connectivity index (χ4v) is 1.98. The van der Waals surface area contributed by atoms with E-state index >= 15 is 0 Å². The molecule has 0 aromatic carbocycles. The van der Waals surface area contributed by atoms with E-state index in [9.17, 15) is 4.79 Å². The van der Waals surface area contributed by atoms with Crippen LogP contribution in [0.2, 0.25) is 0 Å². The number of pyridine rings is 1. The number of rotatable bonds is 5. The van der Waals surface area contributed by atoms with E-state index in [1.165, 1.54) is 6.33 Å². The van der Waals surface area contributed by atoms with E-state index in [1.54, 1.807) is 35.2 Å². The molecule has 0 bridgehead atoms. The number of nitrogens with zero attached hydrogens (tertiary/aromatic N) is 5. The Morgan fingerprint density at radius 1 is 1.29 bits per heavy atom. The van der Waals surface area contributed by atoms with E-state index in [4.69, 9.17) is 0 Å². The van der Waals surface area contributed by atoms with Gasteiger partial charge in [-0.1, -0.05) is 0 Å². The zero-order valence-electron chi connectivity index (χ0n) is 11.3. The lowest BCUT2D eigenvalue weighted by molar-refractivity contribution is 0.0953. The predicted octanol–water partition coefficient (Wildman–Crippen LogP) is 0.882. The molecule has 3 heterocycles. The van der Waals surface area contributed by atoms with Crippen molar-refractivity contribution < 1.29 is 4.79 Å². The quantitative estimate of drug-likeness (QED) is 0.702. The number of amides is 1. The number of nitrogens with one attached hydrogen (secondary N) is 1. The molecule has 0 aliphatic heterocycles. The number of carbonyl (C=O) groups is 1. The second kappa shape index (κ2) is 6.08. The van der Waals surface area contributed by atoms with Gasteiger partial charge in [-0.2, -0.15) is 10.1 Å². The highest BCUT2D eigenvalue weighted by Gasteiger charge is 2.04. The molecular weight excluding hydrogens is 268 g/mol. The number of aryl methyl sites for hydroxylation is 1. The van der Waals surface area contributed by atoms with Crippen molar-refractivity contribution in [1.29, 1.82) is 0 Å². The first kappa shape index (κ1) is 13.2. The second-order valence-corrected chi connectivity index (χ2v) is 4.57. The van der Waals surface area contributed by atoms with Crippen molar-refractivity contribution in [1.82, 2.24) is 29.9 Å². The fraction of sp³-hybridized carbons (Fsp3) is 0.214. The monoisotopic (exact) mass is 282 g/mol. The summed E-state index contributed by atoms with van der Waals surface area (Å²) in [5, 5.41) is 6.91. The summed E-state index contributed by atoms with van der Waals surface area (Å²) in [5.74, 6) is 0.483. The van der Waals surface area contributed by atoms with E-state index in [1.807, 2.05) is 6.20 Å². The molecule has 0 saturated heterocycles. The molecule has 3 aromatic heterocycles. The third kappa shape index (κ3) is 3.19. The minimum atomic E-state index is -0.104. The minimum Gasteiger partial charge on any atom is -0.352 e. The largest absolute Gasteiger partial charge is 0.352 e. The first-order valence-electron chi connectivity index (χ1n) is 6.65. The Morgan fingerprint density at radius 2 is 2.24 bits per heavy atom. The van der Waals surface area contributed by atoms with Gasteiger partial charge in [-0.15, -0.1) is 0 Å². The average molecular weight is 282 g/mol. The highest BCUT2D eigenvalue weighted by Crippen LogP contribution is 2.02. The Bertz CT molecular complexity index is 739. The minimum absolute atomic E-state index is 0.104. The van der Waals surface area contributed by atoms with Gasteiger partial charge < -0.3 is 5.32 Å². The van der Waals surface area contributed by atoms with Gasteiger partial charge in [0.25, 0.3) is 11.7 Å². The Morgan fingerprint density at radius 3 is 3.10 bits per heavy atom. The Labute approximate surface area is 121 Å². The van der Waals surface area contributed by atoms with Crippen LogP contribution < -0.4 is 5.32 Å². The van der Waals surface area contributed by atoms with Crippen molar-refractivity contribution in [2.45, 2.75) is 12.8 Å². The first-order valence-corrected chi connectivity index (χ1v) is 6.65. The van der Waals surface area contributed by atoms with Crippen molar-refractivity contribution in [3.05, 3.63) is 54.4 Å². The van der Waals surface area contributed by atoms with E-state index in [-0.39, 0.29) is 5.91 Å². The molecule has 0 atom stereocenters. The number of hydrogen-bond acceptors (Lipinski definition) is 5. The van der Waals surface area contributed by atoms with Crippen LogP contribution in [0.5, 0.6) is 0 Å². The zero-order chi connectivity index (χ0) is 14.5. The number of carbonyl (C=O) groups excluding carboxylic acids is 1. The molecule has 7 nitrogen and oxygen atoms in total. The average Bonchev–Trinajstić information content (AvgIpc) is 3.00. The van der Waals surface area contributed by atoms with Gasteiger partial charge >= 0.3 is 0 Å². The Balaban J connectivity index is 1.49. The highest BCUT2D eigenvalue weighted by molar-refractivity contribution is 5.93. The van der Waals surface area contributed by atoms with E-state index in [0.717, 1.165) is 18.4 Å². The number of hydrogen-bond donors (Lipinski definition) is 1. The smallest absolute Gasteiger partial charge is 0.252 e. The van der Waals surface area contributed by atoms with Crippen LogP contribution in [-0.4, -0.2) is 37.0 Å². The van der Waals surface area contributed by atoms with Gasteiger partial charge in [0.1, 0.15) is 6.33 Å². The van der Waals surface area contributed by atoms with Crippen molar-refractivity contribution >= 4 is 11.7 Å². The molecule has 21 heavy (non-hydrogen) atoms. The maximum atomic E-state index is 11.8. The van der Waals surface area contributed by atoms with Gasteiger partial charge in [-0.3, -0.25) is 9.78 Å². The normalized spacial score (nSPS) is 10.7. The lowest BCUT2D eigenvalue weighted by atomic mass is 10.2.